The van der Waals surface area contributed by atoms with Crippen molar-refractivity contribution >= 4 is 28.9 Å². The highest BCUT2D eigenvalue weighted by molar-refractivity contribution is 7.13. The van der Waals surface area contributed by atoms with Crippen LogP contribution in [-0.4, -0.2) is 62.9 Å². The second-order valence-electron chi connectivity index (χ2n) is 8.10. The molecule has 0 saturated carbocycles. The number of thiazole rings is 1. The Morgan fingerprint density at radius 3 is 2.92 bits per heavy atom. The molecule has 190 valence electrons. The zero-order valence-corrected chi connectivity index (χ0v) is 20.5. The summed E-state index contributed by atoms with van der Waals surface area (Å²) in [6.45, 7) is 3.45. The quantitative estimate of drug-likeness (QED) is 0.186. The van der Waals surface area contributed by atoms with Crippen LogP contribution in [0.5, 0.6) is 0 Å². The van der Waals surface area contributed by atoms with Gasteiger partial charge in [0.1, 0.15) is 11.2 Å². The smallest absolute Gasteiger partial charge is 0.357 e. The van der Waals surface area contributed by atoms with E-state index in [0.717, 1.165) is 11.3 Å². The van der Waals surface area contributed by atoms with Crippen molar-refractivity contribution in [3.8, 4) is 10.6 Å². The van der Waals surface area contributed by atoms with Crippen LogP contribution in [0.1, 0.15) is 58.9 Å². The monoisotopic (exact) mass is 514 g/mol. The minimum Gasteiger partial charge on any atom is -0.461 e. The van der Waals surface area contributed by atoms with E-state index in [2.05, 4.69) is 20.4 Å². The second kappa shape index (κ2) is 11.8. The van der Waals surface area contributed by atoms with Gasteiger partial charge in [-0.3, -0.25) is 24.6 Å². The zero-order chi connectivity index (χ0) is 25.5. The summed E-state index contributed by atoms with van der Waals surface area (Å²) in [5.74, 6) is -1.04. The van der Waals surface area contributed by atoms with Gasteiger partial charge in [-0.1, -0.05) is 0 Å². The average molecular weight is 515 g/mol. The fourth-order valence-electron chi connectivity index (χ4n) is 3.82. The van der Waals surface area contributed by atoms with E-state index >= 15 is 0 Å². The highest BCUT2D eigenvalue weighted by atomic mass is 32.1. The van der Waals surface area contributed by atoms with E-state index in [-0.39, 0.29) is 29.7 Å². The molecular formula is C23H26N6O6S. The molecule has 0 atom stereocenters. The minimum absolute atomic E-state index is 0.0245. The van der Waals surface area contributed by atoms with E-state index in [1.54, 1.807) is 18.5 Å². The number of aromatic nitrogens is 4. The maximum atomic E-state index is 12.6. The van der Waals surface area contributed by atoms with Gasteiger partial charge < -0.3 is 14.8 Å². The summed E-state index contributed by atoms with van der Waals surface area (Å²) in [7, 11) is 0. The zero-order valence-electron chi connectivity index (χ0n) is 19.7. The lowest BCUT2D eigenvalue weighted by atomic mass is 10.1. The number of aryl methyl sites for hydroxylation is 1. The molecule has 0 bridgehead atoms. The Hall–Kier alpha value is -3.71. The Labute approximate surface area is 210 Å². The fourth-order valence-corrected chi connectivity index (χ4v) is 4.61. The number of nitrogens with one attached hydrogen (secondary N) is 1. The van der Waals surface area contributed by atoms with Crippen molar-refractivity contribution < 1.29 is 24.0 Å². The van der Waals surface area contributed by atoms with Crippen molar-refractivity contribution in [1.82, 2.24) is 25.1 Å². The highest BCUT2D eigenvalue weighted by Crippen LogP contribution is 2.26. The molecule has 3 aromatic heterocycles. The molecule has 0 aromatic carbocycles. The van der Waals surface area contributed by atoms with Crippen molar-refractivity contribution in [2.75, 3.05) is 26.4 Å². The summed E-state index contributed by atoms with van der Waals surface area (Å²) in [4.78, 5) is 44.1. The Morgan fingerprint density at radius 1 is 1.36 bits per heavy atom. The van der Waals surface area contributed by atoms with Gasteiger partial charge in [0.05, 0.1) is 17.6 Å². The van der Waals surface area contributed by atoms with E-state index in [1.807, 2.05) is 12.1 Å². The normalized spacial score (nSPS) is 13.9. The van der Waals surface area contributed by atoms with E-state index < -0.39 is 16.8 Å². The molecule has 1 amide bonds. The molecule has 0 radical (unpaired) electrons. The number of nitro groups is 1. The number of pyridine rings is 1. The standard InChI is InChI=1S/C23H26N6O6S/c1-2-35-23(31)18-14-36-22(26-18)15-5-9-24-16(12-15)4-3-8-25-21(30)20-19(29(32)33)13-28(27-20)17-6-10-34-11-7-17/h5,9,12-14,17H,2-4,6-8,10-11H2,1H3,(H,25,30). The Kier molecular flexibility index (Phi) is 8.33. The molecule has 1 aliphatic rings. The lowest BCUT2D eigenvalue weighted by Crippen LogP contribution is -2.26. The number of hydrogen-bond acceptors (Lipinski definition) is 10. The van der Waals surface area contributed by atoms with Gasteiger partial charge in [-0.05, 0) is 44.7 Å². The van der Waals surface area contributed by atoms with E-state index in [0.29, 0.717) is 50.4 Å². The van der Waals surface area contributed by atoms with Crippen LogP contribution in [0.25, 0.3) is 10.6 Å². The predicted molar refractivity (Wildman–Crippen MR) is 130 cm³/mol. The van der Waals surface area contributed by atoms with Crippen LogP contribution in [-0.2, 0) is 15.9 Å². The van der Waals surface area contributed by atoms with E-state index in [4.69, 9.17) is 9.47 Å². The first-order chi connectivity index (χ1) is 17.5. The van der Waals surface area contributed by atoms with Crippen LogP contribution in [0.15, 0.2) is 29.9 Å². The molecule has 1 aliphatic heterocycles. The summed E-state index contributed by atoms with van der Waals surface area (Å²) in [5, 5.41) is 20.7. The van der Waals surface area contributed by atoms with Crippen molar-refractivity contribution in [3.63, 3.8) is 0 Å². The van der Waals surface area contributed by atoms with Crippen LogP contribution in [0, 0.1) is 10.1 Å². The Morgan fingerprint density at radius 2 is 2.17 bits per heavy atom. The largest absolute Gasteiger partial charge is 0.461 e. The summed E-state index contributed by atoms with van der Waals surface area (Å²) >= 11 is 1.34. The molecule has 0 unspecified atom stereocenters. The van der Waals surface area contributed by atoms with Gasteiger partial charge in [0.15, 0.2) is 5.69 Å². The number of carbonyl (C=O) groups is 2. The summed E-state index contributed by atoms with van der Waals surface area (Å²) < 4.78 is 11.8. The lowest BCUT2D eigenvalue weighted by molar-refractivity contribution is -0.385. The van der Waals surface area contributed by atoms with Crippen molar-refractivity contribution in [1.29, 1.82) is 0 Å². The number of rotatable bonds is 10. The molecule has 36 heavy (non-hydrogen) atoms. The summed E-state index contributed by atoms with van der Waals surface area (Å²) in [5.41, 5.74) is 1.40. The molecule has 1 fully saturated rings. The minimum atomic E-state index is -0.584. The SMILES string of the molecule is CCOC(=O)c1csc(-c2ccnc(CCCNC(=O)c3nn(C4CCOCC4)cc3[N+](=O)[O-])c2)n1. The van der Waals surface area contributed by atoms with Crippen LogP contribution < -0.4 is 5.32 Å². The number of esters is 1. The van der Waals surface area contributed by atoms with Crippen LogP contribution in [0.4, 0.5) is 5.69 Å². The number of hydrogen-bond donors (Lipinski definition) is 1. The first-order valence-electron chi connectivity index (χ1n) is 11.6. The van der Waals surface area contributed by atoms with Gasteiger partial charge in [-0.15, -0.1) is 11.3 Å². The molecule has 13 heteroatoms. The van der Waals surface area contributed by atoms with E-state index in [1.165, 1.54) is 22.2 Å². The van der Waals surface area contributed by atoms with Gasteiger partial charge in [-0.2, -0.15) is 5.10 Å². The number of amides is 1. The van der Waals surface area contributed by atoms with E-state index in [9.17, 15) is 19.7 Å². The van der Waals surface area contributed by atoms with Crippen molar-refractivity contribution in [3.05, 3.63) is 57.1 Å². The second-order valence-corrected chi connectivity index (χ2v) is 8.96. The average Bonchev–Trinajstić information content (AvgIpc) is 3.56. The van der Waals surface area contributed by atoms with Crippen molar-refractivity contribution in [2.45, 2.75) is 38.6 Å². The van der Waals surface area contributed by atoms with Crippen LogP contribution in [0.2, 0.25) is 0 Å². The van der Waals surface area contributed by atoms with Gasteiger partial charge >= 0.3 is 11.7 Å². The van der Waals surface area contributed by atoms with Crippen LogP contribution in [0.3, 0.4) is 0 Å². The summed E-state index contributed by atoms with van der Waals surface area (Å²) in [6.07, 6.45) is 5.52. The first-order valence-corrected chi connectivity index (χ1v) is 12.5. The van der Waals surface area contributed by atoms with Crippen LogP contribution >= 0.6 is 11.3 Å². The first kappa shape index (κ1) is 25.4. The van der Waals surface area contributed by atoms with Gasteiger partial charge in [0.25, 0.3) is 5.91 Å². The molecule has 12 nitrogen and oxygen atoms in total. The topological polar surface area (TPSA) is 151 Å². The molecule has 0 aliphatic carbocycles. The predicted octanol–water partition coefficient (Wildman–Crippen LogP) is 3.20. The molecule has 3 aromatic rings. The van der Waals surface area contributed by atoms with Gasteiger partial charge in [0.2, 0.25) is 5.69 Å². The molecule has 4 rings (SSSR count). The van der Waals surface area contributed by atoms with Gasteiger partial charge in [-0.25, -0.2) is 9.78 Å². The number of nitrogens with zero attached hydrogens (tertiary/aromatic N) is 5. The number of ether oxygens (including phenoxy) is 2. The third-order valence-corrected chi connectivity index (χ3v) is 6.53. The maximum absolute atomic E-state index is 12.6. The summed E-state index contributed by atoms with van der Waals surface area (Å²) in [6, 6.07) is 3.67. The third-order valence-electron chi connectivity index (χ3n) is 5.64. The van der Waals surface area contributed by atoms with Crippen molar-refractivity contribution in [2.24, 2.45) is 0 Å². The molecular weight excluding hydrogens is 488 g/mol. The lowest BCUT2D eigenvalue weighted by Gasteiger charge is -2.21. The van der Waals surface area contributed by atoms with Gasteiger partial charge in [0, 0.05) is 42.6 Å². The molecule has 4 heterocycles. The molecule has 1 N–H and O–H groups in total. The molecule has 0 spiro atoms. The number of carbonyl (C=O) groups excluding carboxylic acids is 2. The highest BCUT2D eigenvalue weighted by Gasteiger charge is 2.28. The third kappa shape index (κ3) is 6.10. The Bertz CT molecular complexity index is 1240. The Balaban J connectivity index is 1.33. The molecule has 1 saturated heterocycles. The maximum Gasteiger partial charge on any atom is 0.357 e. The fraction of sp³-hybridized carbons (Fsp3) is 0.435.